The fourth-order valence-electron chi connectivity index (χ4n) is 5.07. The van der Waals surface area contributed by atoms with E-state index in [-0.39, 0.29) is 12.2 Å². The lowest BCUT2D eigenvalue weighted by Crippen LogP contribution is -2.53. The number of phenols is 1. The first kappa shape index (κ1) is 23.5. The molecule has 0 spiro atoms. The normalized spacial score (nSPS) is 21.3. The molecule has 0 aliphatic carbocycles. The molecule has 1 N–H and O–H groups in total. The first-order valence-corrected chi connectivity index (χ1v) is 11.9. The van der Waals surface area contributed by atoms with Crippen molar-refractivity contribution in [3.05, 3.63) is 47.5 Å². The number of likely N-dealkylation sites (tertiary alicyclic amines) is 1. The molecule has 0 aromatic heterocycles. The third kappa shape index (κ3) is 4.55. The molecule has 3 unspecified atom stereocenters. The number of thioether (sulfide) groups is 1. The average molecular weight is 444 g/mol. The largest absolute Gasteiger partial charge is 0.507 e. The van der Waals surface area contributed by atoms with Gasteiger partial charge in [-0.3, -0.25) is 4.90 Å². The van der Waals surface area contributed by atoms with E-state index >= 15 is 0 Å². The minimum absolute atomic E-state index is 0.0675. The van der Waals surface area contributed by atoms with Crippen molar-refractivity contribution in [3.63, 3.8) is 0 Å². The van der Waals surface area contributed by atoms with Crippen LogP contribution in [-0.2, 0) is 10.3 Å². The van der Waals surface area contributed by atoms with Crippen LogP contribution in [0, 0.1) is 11.8 Å². The maximum absolute atomic E-state index is 12.2. The molecule has 1 aliphatic rings. The number of methoxy groups -OCH3 is 2. The average Bonchev–Trinajstić information content (AvgIpc) is 2.76. The van der Waals surface area contributed by atoms with Crippen LogP contribution >= 0.6 is 11.8 Å². The van der Waals surface area contributed by atoms with E-state index in [4.69, 9.17) is 9.47 Å². The molecule has 1 aliphatic heterocycles. The van der Waals surface area contributed by atoms with Crippen LogP contribution in [0.4, 0.5) is 0 Å². The molecule has 1 heterocycles. The molecule has 2 aromatic rings. The Morgan fingerprint density at radius 2 is 1.77 bits per heavy atom. The van der Waals surface area contributed by atoms with Gasteiger partial charge in [0.05, 0.1) is 25.3 Å². The lowest BCUT2D eigenvalue weighted by molar-refractivity contribution is -0.110. The summed E-state index contributed by atoms with van der Waals surface area (Å²) >= 11 is 1.68. The van der Waals surface area contributed by atoms with Crippen LogP contribution in [0.5, 0.6) is 17.2 Å². The van der Waals surface area contributed by atoms with Crippen molar-refractivity contribution < 1.29 is 19.4 Å². The fraction of sp³-hybridized carbons (Fsp3) is 0.480. The summed E-state index contributed by atoms with van der Waals surface area (Å²) in [6.07, 6.45) is 4.35. The first-order chi connectivity index (χ1) is 14.9. The van der Waals surface area contributed by atoms with Gasteiger partial charge in [-0.05, 0) is 42.2 Å². The minimum atomic E-state index is -0.844. The zero-order valence-corrected chi connectivity index (χ0v) is 19.9. The highest BCUT2D eigenvalue weighted by Gasteiger charge is 2.46. The van der Waals surface area contributed by atoms with E-state index in [0.29, 0.717) is 28.9 Å². The van der Waals surface area contributed by atoms with Crippen molar-refractivity contribution in [2.45, 2.75) is 37.1 Å². The molecule has 0 bridgehead atoms. The third-order valence-corrected chi connectivity index (χ3v) is 7.02. The van der Waals surface area contributed by atoms with Gasteiger partial charge < -0.3 is 19.4 Å². The number of aromatic hydroxyl groups is 1. The monoisotopic (exact) mass is 443 g/mol. The Morgan fingerprint density at radius 3 is 2.29 bits per heavy atom. The number of carbonyl (C=O) groups excluding carboxylic acids is 1. The summed E-state index contributed by atoms with van der Waals surface area (Å²) in [5, 5.41) is 11.2. The highest BCUT2D eigenvalue weighted by atomic mass is 32.2. The van der Waals surface area contributed by atoms with Gasteiger partial charge in [-0.2, -0.15) is 0 Å². The van der Waals surface area contributed by atoms with Crippen molar-refractivity contribution >= 4 is 18.0 Å². The van der Waals surface area contributed by atoms with Crippen molar-refractivity contribution in [1.82, 2.24) is 4.90 Å². The summed E-state index contributed by atoms with van der Waals surface area (Å²) in [5.74, 6) is 2.05. The number of carbonyl (C=O) groups is 1. The molecule has 0 saturated carbocycles. The van der Waals surface area contributed by atoms with Crippen molar-refractivity contribution in [2.75, 3.05) is 33.6 Å². The van der Waals surface area contributed by atoms with Crippen LogP contribution in [0.2, 0.25) is 0 Å². The van der Waals surface area contributed by atoms with Gasteiger partial charge in [-0.1, -0.05) is 26.0 Å². The maximum atomic E-state index is 12.2. The van der Waals surface area contributed by atoms with Gasteiger partial charge >= 0.3 is 0 Å². The molecule has 168 valence electrons. The Labute approximate surface area is 189 Å². The zero-order valence-electron chi connectivity index (χ0n) is 19.1. The van der Waals surface area contributed by atoms with Gasteiger partial charge in [0, 0.05) is 36.5 Å². The number of nitrogens with zero attached hydrogens (tertiary/aromatic N) is 1. The number of ether oxygens (including phenoxy) is 2. The molecular formula is C25H33NO4S. The van der Waals surface area contributed by atoms with Gasteiger partial charge in [-0.15, -0.1) is 11.8 Å². The molecule has 0 radical (unpaired) electrons. The Bertz CT molecular complexity index is 891. The summed E-state index contributed by atoms with van der Waals surface area (Å²) in [6.45, 7) is 6.15. The lowest BCUT2D eigenvalue weighted by Gasteiger charge is -2.49. The lowest BCUT2D eigenvalue weighted by atomic mass is 9.75. The molecule has 3 rings (SSSR count). The summed E-state index contributed by atoms with van der Waals surface area (Å²) in [5.41, 5.74) is 0.738. The highest BCUT2D eigenvalue weighted by Crippen LogP contribution is 2.50. The summed E-state index contributed by atoms with van der Waals surface area (Å²) in [6, 6.07) is 11.7. The molecule has 2 aromatic carbocycles. The number of phenolic OH excluding ortho intramolecular Hbond substituents is 1. The van der Waals surface area contributed by atoms with E-state index in [2.05, 4.69) is 43.0 Å². The van der Waals surface area contributed by atoms with Crippen LogP contribution in [0.1, 0.15) is 37.8 Å². The number of aldehydes is 1. The van der Waals surface area contributed by atoms with Gasteiger partial charge in [-0.25, -0.2) is 0 Å². The second-order valence-corrected chi connectivity index (χ2v) is 9.41. The topological polar surface area (TPSA) is 59.0 Å². The smallest absolute Gasteiger partial charge is 0.131 e. The van der Waals surface area contributed by atoms with Crippen LogP contribution in [0.15, 0.2) is 41.3 Å². The second-order valence-electron chi connectivity index (χ2n) is 8.53. The van der Waals surface area contributed by atoms with Crippen LogP contribution < -0.4 is 9.47 Å². The van der Waals surface area contributed by atoms with E-state index in [1.807, 2.05) is 6.26 Å². The summed E-state index contributed by atoms with van der Waals surface area (Å²) in [7, 11) is 3.14. The molecule has 6 heteroatoms. The molecule has 1 fully saturated rings. The van der Waals surface area contributed by atoms with Crippen LogP contribution in [-0.4, -0.2) is 49.9 Å². The minimum Gasteiger partial charge on any atom is -0.507 e. The van der Waals surface area contributed by atoms with Crippen LogP contribution in [0.3, 0.4) is 0 Å². The SMILES string of the molecule is COc1cc(O)c(C(CC=O)(c2ccc(SC)cc2)N2CC(C)CC(C)C2)c(OC)c1. The molecule has 5 nitrogen and oxygen atoms in total. The Balaban J connectivity index is 2.33. The van der Waals surface area contributed by atoms with Crippen LogP contribution in [0.25, 0.3) is 0 Å². The van der Waals surface area contributed by atoms with Crippen molar-refractivity contribution in [2.24, 2.45) is 11.8 Å². The van der Waals surface area contributed by atoms with Gasteiger partial charge in [0.25, 0.3) is 0 Å². The fourth-order valence-corrected chi connectivity index (χ4v) is 5.47. The summed E-state index contributed by atoms with van der Waals surface area (Å²) in [4.78, 5) is 15.7. The van der Waals surface area contributed by atoms with E-state index in [9.17, 15) is 9.90 Å². The Kier molecular flexibility index (Phi) is 7.55. The zero-order chi connectivity index (χ0) is 22.6. The summed E-state index contributed by atoms with van der Waals surface area (Å²) < 4.78 is 11.1. The second kappa shape index (κ2) is 9.96. The van der Waals surface area contributed by atoms with E-state index < -0.39 is 5.54 Å². The first-order valence-electron chi connectivity index (χ1n) is 10.7. The highest BCUT2D eigenvalue weighted by molar-refractivity contribution is 7.98. The molecule has 0 amide bonds. The quantitative estimate of drug-likeness (QED) is 0.461. The number of hydrogen-bond acceptors (Lipinski definition) is 6. The predicted molar refractivity (Wildman–Crippen MR) is 125 cm³/mol. The van der Waals surface area contributed by atoms with Gasteiger partial charge in [0.1, 0.15) is 23.5 Å². The van der Waals surface area contributed by atoms with Crippen molar-refractivity contribution in [1.29, 1.82) is 0 Å². The van der Waals surface area contributed by atoms with E-state index in [1.54, 1.807) is 38.1 Å². The van der Waals surface area contributed by atoms with E-state index in [0.717, 1.165) is 36.3 Å². The third-order valence-electron chi connectivity index (χ3n) is 6.28. The molecule has 1 saturated heterocycles. The van der Waals surface area contributed by atoms with Gasteiger partial charge in [0.2, 0.25) is 0 Å². The predicted octanol–water partition coefficient (Wildman–Crippen LogP) is 4.94. The van der Waals surface area contributed by atoms with E-state index in [1.165, 1.54) is 0 Å². The number of piperidine rings is 1. The Morgan fingerprint density at radius 1 is 1.13 bits per heavy atom. The maximum Gasteiger partial charge on any atom is 0.131 e. The molecule has 31 heavy (non-hydrogen) atoms. The molecular weight excluding hydrogens is 410 g/mol. The Hall–Kier alpha value is -2.18. The number of rotatable bonds is 8. The number of benzene rings is 2. The number of hydrogen-bond donors (Lipinski definition) is 1. The van der Waals surface area contributed by atoms with Crippen molar-refractivity contribution in [3.8, 4) is 17.2 Å². The molecule has 3 atom stereocenters. The standard InChI is InChI=1S/C25H33NO4S/c1-17-12-18(2)16-26(15-17)25(10-11-27,19-6-8-21(31-5)9-7-19)24-22(28)13-20(29-3)14-23(24)30-4/h6-9,11,13-14,17-18,28H,10,12,15-16H2,1-5H3. The van der Waals surface area contributed by atoms with Gasteiger partial charge in [0.15, 0.2) is 0 Å².